The second-order valence-corrected chi connectivity index (χ2v) is 6.76. The summed E-state index contributed by atoms with van der Waals surface area (Å²) in [4.78, 5) is 29.3. The Kier molecular flexibility index (Phi) is 5.51. The first-order valence-electron chi connectivity index (χ1n) is 7.98. The quantitative estimate of drug-likeness (QED) is 0.654. The molecule has 1 aromatic carbocycles. The molecule has 0 saturated heterocycles. The van der Waals surface area contributed by atoms with E-state index < -0.39 is 23.7 Å². The van der Waals surface area contributed by atoms with Gasteiger partial charge >= 0.3 is 0 Å². The molecule has 140 valence electrons. The molecule has 0 fully saturated rings. The number of ether oxygens (including phenoxy) is 1. The van der Waals surface area contributed by atoms with Crippen LogP contribution < -0.4 is 15.6 Å². The highest BCUT2D eigenvalue weighted by Gasteiger charge is 2.20. The average molecular weight is 389 g/mol. The van der Waals surface area contributed by atoms with Crippen LogP contribution >= 0.6 is 11.3 Å². The van der Waals surface area contributed by atoms with Crippen molar-refractivity contribution in [2.24, 2.45) is 0 Å². The minimum Gasteiger partial charge on any atom is -0.481 e. The molecule has 1 atom stereocenters. The Morgan fingerprint density at radius 1 is 1.22 bits per heavy atom. The van der Waals surface area contributed by atoms with Crippen LogP contribution in [0.15, 0.2) is 47.1 Å². The van der Waals surface area contributed by atoms with E-state index in [2.05, 4.69) is 15.8 Å². The lowest BCUT2D eigenvalue weighted by Crippen LogP contribution is -2.47. The molecule has 9 heteroatoms. The number of hydrogen-bond acceptors (Lipinski definition) is 6. The van der Waals surface area contributed by atoms with E-state index in [9.17, 15) is 14.0 Å². The molecule has 0 aliphatic rings. The lowest BCUT2D eigenvalue weighted by Gasteiger charge is -2.14. The zero-order valence-corrected chi connectivity index (χ0v) is 15.3. The van der Waals surface area contributed by atoms with Crippen molar-refractivity contribution in [3.63, 3.8) is 0 Å². The Hall–Kier alpha value is -3.20. The van der Waals surface area contributed by atoms with Gasteiger partial charge in [0.15, 0.2) is 16.9 Å². The summed E-state index contributed by atoms with van der Waals surface area (Å²) >= 11 is 1.31. The van der Waals surface area contributed by atoms with Crippen molar-refractivity contribution >= 4 is 23.2 Å². The fourth-order valence-electron chi connectivity index (χ4n) is 2.16. The van der Waals surface area contributed by atoms with Crippen LogP contribution in [0.25, 0.3) is 10.8 Å². The highest BCUT2D eigenvalue weighted by atomic mass is 32.1. The van der Waals surface area contributed by atoms with E-state index >= 15 is 0 Å². The maximum atomic E-state index is 12.9. The number of rotatable bonds is 5. The number of aryl methyl sites for hydroxylation is 1. The van der Waals surface area contributed by atoms with Crippen LogP contribution in [0.5, 0.6) is 5.75 Å². The topological polar surface area (TPSA) is 93.5 Å². The summed E-state index contributed by atoms with van der Waals surface area (Å²) in [5.41, 5.74) is 4.79. The molecule has 3 rings (SSSR count). The van der Waals surface area contributed by atoms with Crippen molar-refractivity contribution in [1.82, 2.24) is 15.8 Å². The van der Waals surface area contributed by atoms with E-state index in [0.717, 1.165) is 0 Å². The summed E-state index contributed by atoms with van der Waals surface area (Å²) < 4.78 is 23.5. The highest BCUT2D eigenvalue weighted by molar-refractivity contribution is 7.15. The molecule has 0 aliphatic carbocycles. The number of thiazole rings is 1. The first-order valence-corrected chi connectivity index (χ1v) is 8.79. The van der Waals surface area contributed by atoms with Gasteiger partial charge in [0.25, 0.3) is 11.8 Å². The second-order valence-electron chi connectivity index (χ2n) is 5.56. The zero-order valence-electron chi connectivity index (χ0n) is 14.5. The number of furan rings is 1. The lowest BCUT2D eigenvalue weighted by molar-refractivity contribution is -0.128. The fraction of sp³-hybridized carbons (Fsp3) is 0.167. The number of aromatic nitrogens is 1. The Bertz CT molecular complexity index is 938. The Labute approximate surface area is 158 Å². The summed E-state index contributed by atoms with van der Waals surface area (Å²) in [6.07, 6.45) is 0.625. The molecule has 0 bridgehead atoms. The van der Waals surface area contributed by atoms with Gasteiger partial charge in [0.05, 0.1) is 6.26 Å². The third-order valence-corrected chi connectivity index (χ3v) is 4.52. The van der Waals surface area contributed by atoms with E-state index in [4.69, 9.17) is 9.15 Å². The lowest BCUT2D eigenvalue weighted by atomic mass is 10.3. The van der Waals surface area contributed by atoms with Crippen molar-refractivity contribution in [1.29, 1.82) is 0 Å². The Morgan fingerprint density at radius 3 is 2.63 bits per heavy atom. The van der Waals surface area contributed by atoms with Crippen molar-refractivity contribution < 1.29 is 23.1 Å². The smallest absolute Gasteiger partial charge is 0.289 e. The molecule has 1 unspecified atom stereocenters. The van der Waals surface area contributed by atoms with Crippen molar-refractivity contribution in [2.75, 3.05) is 0 Å². The number of nitrogens with zero attached hydrogens (tertiary/aromatic N) is 1. The van der Waals surface area contributed by atoms with Crippen molar-refractivity contribution in [3.05, 3.63) is 59.0 Å². The number of nitrogens with one attached hydrogen (secondary N) is 2. The predicted molar refractivity (Wildman–Crippen MR) is 96.7 cm³/mol. The standard InChI is InChI=1S/C18H16FN3O4S/c1-10(26-13-7-5-12(19)6-8-13)16(23)21-22-17(24)15-11(2)27-18(20-15)14-4-3-9-25-14/h3-10H,1-2H3,(H,21,23)(H,22,24). The van der Waals surface area contributed by atoms with Gasteiger partial charge < -0.3 is 9.15 Å². The van der Waals surface area contributed by atoms with Gasteiger partial charge in [-0.15, -0.1) is 11.3 Å². The van der Waals surface area contributed by atoms with Crippen LogP contribution in [-0.2, 0) is 4.79 Å². The largest absolute Gasteiger partial charge is 0.481 e. The summed E-state index contributed by atoms with van der Waals surface area (Å²) in [7, 11) is 0. The molecule has 7 nitrogen and oxygen atoms in total. The average Bonchev–Trinajstić information content (AvgIpc) is 3.30. The van der Waals surface area contributed by atoms with Gasteiger partial charge in [-0.2, -0.15) is 0 Å². The number of halogens is 1. The third-order valence-electron chi connectivity index (χ3n) is 3.54. The number of hydrogen-bond donors (Lipinski definition) is 2. The molecule has 3 aromatic rings. The van der Waals surface area contributed by atoms with Gasteiger partial charge in [-0.05, 0) is 50.2 Å². The number of hydrazine groups is 1. The monoisotopic (exact) mass is 389 g/mol. The van der Waals surface area contributed by atoms with Crippen LogP contribution in [0.4, 0.5) is 4.39 Å². The third kappa shape index (κ3) is 4.50. The first-order chi connectivity index (χ1) is 12.9. The van der Waals surface area contributed by atoms with Crippen molar-refractivity contribution in [3.8, 4) is 16.5 Å². The molecule has 0 aliphatic heterocycles. The number of carbonyl (C=O) groups excluding carboxylic acids is 2. The number of carbonyl (C=O) groups is 2. The molecular weight excluding hydrogens is 373 g/mol. The van der Waals surface area contributed by atoms with E-state index in [-0.39, 0.29) is 5.69 Å². The van der Waals surface area contributed by atoms with E-state index in [1.807, 2.05) is 0 Å². The minimum atomic E-state index is -0.897. The highest BCUT2D eigenvalue weighted by Crippen LogP contribution is 2.27. The van der Waals surface area contributed by atoms with E-state index in [1.165, 1.54) is 48.8 Å². The molecule has 0 saturated carbocycles. The van der Waals surface area contributed by atoms with Gasteiger partial charge in [0.1, 0.15) is 17.3 Å². The zero-order chi connectivity index (χ0) is 19.4. The van der Waals surface area contributed by atoms with Crippen molar-refractivity contribution in [2.45, 2.75) is 20.0 Å². The van der Waals surface area contributed by atoms with Crippen LogP contribution in [-0.4, -0.2) is 22.9 Å². The van der Waals surface area contributed by atoms with Crippen LogP contribution in [0.2, 0.25) is 0 Å². The maximum Gasteiger partial charge on any atom is 0.289 e. The summed E-state index contributed by atoms with van der Waals surface area (Å²) in [6, 6.07) is 8.75. The number of benzene rings is 1. The summed E-state index contributed by atoms with van der Waals surface area (Å²) in [6.45, 7) is 3.26. The summed E-state index contributed by atoms with van der Waals surface area (Å²) in [5.74, 6) is -0.619. The molecule has 2 heterocycles. The molecule has 2 aromatic heterocycles. The predicted octanol–water partition coefficient (Wildman–Crippen LogP) is 3.08. The first kappa shape index (κ1) is 18.6. The van der Waals surface area contributed by atoms with Crippen LogP contribution in [0.1, 0.15) is 22.3 Å². The molecule has 0 spiro atoms. The fourth-order valence-corrected chi connectivity index (χ4v) is 3.04. The minimum absolute atomic E-state index is 0.193. The molecule has 0 radical (unpaired) electrons. The van der Waals surface area contributed by atoms with Gasteiger partial charge in [-0.25, -0.2) is 9.37 Å². The van der Waals surface area contributed by atoms with Gasteiger partial charge in [0, 0.05) is 4.88 Å². The summed E-state index contributed by atoms with van der Waals surface area (Å²) in [5, 5.41) is 0.571. The van der Waals surface area contributed by atoms with Gasteiger partial charge in [0.2, 0.25) is 0 Å². The number of amides is 2. The molecule has 2 amide bonds. The normalized spacial score (nSPS) is 11.7. The Morgan fingerprint density at radius 2 is 1.96 bits per heavy atom. The molecule has 27 heavy (non-hydrogen) atoms. The van der Waals surface area contributed by atoms with E-state index in [0.29, 0.717) is 21.4 Å². The molecule has 2 N–H and O–H groups in total. The maximum absolute atomic E-state index is 12.9. The molecular formula is C18H16FN3O4S. The SMILES string of the molecule is Cc1sc(-c2ccco2)nc1C(=O)NNC(=O)C(C)Oc1ccc(F)cc1. The van der Waals surface area contributed by atoms with Crippen LogP contribution in [0, 0.1) is 12.7 Å². The van der Waals surface area contributed by atoms with Gasteiger partial charge in [-0.1, -0.05) is 0 Å². The van der Waals surface area contributed by atoms with Crippen LogP contribution in [0.3, 0.4) is 0 Å². The second kappa shape index (κ2) is 8.00. The Balaban J connectivity index is 1.57. The van der Waals surface area contributed by atoms with E-state index in [1.54, 1.807) is 19.1 Å². The van der Waals surface area contributed by atoms with Gasteiger partial charge in [-0.3, -0.25) is 20.4 Å².